The number of halogens is 1. The van der Waals surface area contributed by atoms with E-state index in [-0.39, 0.29) is 11.9 Å². The molecule has 0 heterocycles. The molecule has 0 saturated heterocycles. The summed E-state index contributed by atoms with van der Waals surface area (Å²) in [4.78, 5) is 15.9. The zero-order valence-electron chi connectivity index (χ0n) is 13.0. The zero-order chi connectivity index (χ0) is 15.8. The molecule has 0 bridgehead atoms. The van der Waals surface area contributed by atoms with Gasteiger partial charge in [-0.2, -0.15) is 0 Å². The maximum atomic E-state index is 11.9. The lowest BCUT2D eigenvalue weighted by atomic mass is 10.2. The number of hydrogen-bond donors (Lipinski definition) is 3. The van der Waals surface area contributed by atoms with Crippen molar-refractivity contribution in [2.75, 3.05) is 18.9 Å². The monoisotopic (exact) mass is 310 g/mol. The fraction of sp³-hybridized carbons (Fsp3) is 0.467. The molecule has 21 heavy (non-hydrogen) atoms. The molecule has 0 aliphatic carbocycles. The maximum Gasteiger partial charge on any atom is 0.226 e. The van der Waals surface area contributed by atoms with Crippen molar-refractivity contribution >= 4 is 29.2 Å². The third kappa shape index (κ3) is 6.49. The number of hydrogen-bond acceptors (Lipinski definition) is 2. The Kier molecular flexibility index (Phi) is 7.02. The Labute approximate surface area is 131 Å². The van der Waals surface area contributed by atoms with Crippen LogP contribution in [0.15, 0.2) is 23.2 Å². The van der Waals surface area contributed by atoms with Crippen LogP contribution in [0.4, 0.5) is 5.69 Å². The molecule has 0 saturated carbocycles. The van der Waals surface area contributed by atoms with Gasteiger partial charge in [-0.05, 0) is 38.5 Å². The van der Waals surface area contributed by atoms with Crippen LogP contribution in [0, 0.1) is 6.92 Å². The van der Waals surface area contributed by atoms with E-state index in [1.807, 2.05) is 39.0 Å². The second kappa shape index (κ2) is 8.52. The number of benzene rings is 1. The van der Waals surface area contributed by atoms with Crippen LogP contribution in [0.1, 0.15) is 25.8 Å². The number of carbonyl (C=O) groups excluding carboxylic acids is 1. The number of nitrogens with one attached hydrogen (secondary N) is 3. The lowest BCUT2D eigenvalue weighted by Crippen LogP contribution is -2.41. The van der Waals surface area contributed by atoms with Gasteiger partial charge in [0.1, 0.15) is 0 Å². The predicted octanol–water partition coefficient (Wildman–Crippen LogP) is 2.55. The SMILES string of the molecule is CN=C(NCCC(=O)Nc1ccc(C)cc1Cl)NC(C)C. The van der Waals surface area contributed by atoms with Gasteiger partial charge in [0.05, 0.1) is 10.7 Å². The normalized spacial score (nSPS) is 11.4. The number of carbonyl (C=O) groups is 1. The highest BCUT2D eigenvalue weighted by Crippen LogP contribution is 2.22. The van der Waals surface area contributed by atoms with Crippen LogP contribution in [-0.2, 0) is 4.79 Å². The van der Waals surface area contributed by atoms with Gasteiger partial charge in [0.15, 0.2) is 5.96 Å². The minimum atomic E-state index is -0.0896. The molecule has 116 valence electrons. The van der Waals surface area contributed by atoms with E-state index in [2.05, 4.69) is 20.9 Å². The van der Waals surface area contributed by atoms with Crippen molar-refractivity contribution in [2.45, 2.75) is 33.2 Å². The molecule has 3 N–H and O–H groups in total. The van der Waals surface area contributed by atoms with Crippen molar-refractivity contribution in [3.63, 3.8) is 0 Å². The van der Waals surface area contributed by atoms with Gasteiger partial charge in [-0.3, -0.25) is 9.79 Å². The first kappa shape index (κ1) is 17.3. The number of guanidine groups is 1. The standard InChI is InChI=1S/C15H23ClN4O/c1-10(2)19-15(17-4)18-8-7-14(21)20-13-6-5-11(3)9-12(13)16/h5-6,9-10H,7-8H2,1-4H3,(H,20,21)(H2,17,18,19). The van der Waals surface area contributed by atoms with E-state index in [0.29, 0.717) is 29.6 Å². The molecule has 0 spiro atoms. The van der Waals surface area contributed by atoms with Crippen LogP contribution in [0.25, 0.3) is 0 Å². The summed E-state index contributed by atoms with van der Waals surface area (Å²) in [6, 6.07) is 5.83. The number of nitrogens with zero attached hydrogens (tertiary/aromatic N) is 1. The molecule has 6 heteroatoms. The van der Waals surface area contributed by atoms with Crippen LogP contribution in [-0.4, -0.2) is 31.5 Å². The van der Waals surface area contributed by atoms with Gasteiger partial charge in [0.25, 0.3) is 0 Å². The van der Waals surface area contributed by atoms with Crippen LogP contribution < -0.4 is 16.0 Å². The molecule has 0 aliphatic heterocycles. The summed E-state index contributed by atoms with van der Waals surface area (Å²) >= 11 is 6.08. The van der Waals surface area contributed by atoms with E-state index in [0.717, 1.165) is 5.56 Å². The van der Waals surface area contributed by atoms with Gasteiger partial charge in [-0.15, -0.1) is 0 Å². The number of aliphatic imine (C=N–C) groups is 1. The number of anilines is 1. The molecule has 1 amide bonds. The molecular formula is C15H23ClN4O. The molecule has 0 aliphatic rings. The van der Waals surface area contributed by atoms with Gasteiger partial charge >= 0.3 is 0 Å². The van der Waals surface area contributed by atoms with Crippen LogP contribution in [0.2, 0.25) is 5.02 Å². The minimum Gasteiger partial charge on any atom is -0.356 e. The lowest BCUT2D eigenvalue weighted by Gasteiger charge is -2.14. The largest absolute Gasteiger partial charge is 0.356 e. The van der Waals surface area contributed by atoms with Crippen LogP contribution >= 0.6 is 11.6 Å². The molecule has 1 aromatic rings. The quantitative estimate of drug-likeness (QED) is 0.578. The minimum absolute atomic E-state index is 0.0896. The summed E-state index contributed by atoms with van der Waals surface area (Å²) < 4.78 is 0. The van der Waals surface area contributed by atoms with E-state index < -0.39 is 0 Å². The number of amides is 1. The summed E-state index contributed by atoms with van der Waals surface area (Å²) in [5.74, 6) is 0.597. The molecule has 1 rings (SSSR count). The third-order valence-corrected chi connectivity index (χ3v) is 3.00. The summed E-state index contributed by atoms with van der Waals surface area (Å²) in [5, 5.41) is 9.59. The Morgan fingerprint density at radius 1 is 1.38 bits per heavy atom. The predicted molar refractivity (Wildman–Crippen MR) is 89.1 cm³/mol. The number of aryl methyl sites for hydroxylation is 1. The Morgan fingerprint density at radius 2 is 2.10 bits per heavy atom. The Balaban J connectivity index is 2.41. The summed E-state index contributed by atoms with van der Waals surface area (Å²) in [5.41, 5.74) is 1.69. The maximum absolute atomic E-state index is 11.9. The van der Waals surface area contributed by atoms with Crippen molar-refractivity contribution in [1.82, 2.24) is 10.6 Å². The van der Waals surface area contributed by atoms with Gasteiger partial charge in [0, 0.05) is 26.1 Å². The van der Waals surface area contributed by atoms with Crippen molar-refractivity contribution in [3.8, 4) is 0 Å². The van der Waals surface area contributed by atoms with Crippen molar-refractivity contribution in [2.24, 2.45) is 4.99 Å². The summed E-state index contributed by atoms with van der Waals surface area (Å²) in [7, 11) is 1.70. The second-order valence-corrected chi connectivity index (χ2v) is 5.49. The molecule has 1 aromatic carbocycles. The fourth-order valence-corrected chi connectivity index (χ4v) is 1.98. The van der Waals surface area contributed by atoms with Gasteiger partial charge < -0.3 is 16.0 Å². The summed E-state index contributed by atoms with van der Waals surface area (Å²) in [6.07, 6.45) is 0.336. The Bertz CT molecular complexity index is 514. The van der Waals surface area contributed by atoms with Crippen molar-refractivity contribution in [1.29, 1.82) is 0 Å². The molecule has 0 atom stereocenters. The lowest BCUT2D eigenvalue weighted by molar-refractivity contribution is -0.116. The molecule has 0 fully saturated rings. The van der Waals surface area contributed by atoms with Gasteiger partial charge in [0.2, 0.25) is 5.91 Å². The zero-order valence-corrected chi connectivity index (χ0v) is 13.7. The highest BCUT2D eigenvalue weighted by molar-refractivity contribution is 6.33. The van der Waals surface area contributed by atoms with Crippen molar-refractivity contribution < 1.29 is 4.79 Å². The smallest absolute Gasteiger partial charge is 0.226 e. The average Bonchev–Trinajstić information content (AvgIpc) is 2.40. The molecule has 0 aromatic heterocycles. The van der Waals surface area contributed by atoms with Gasteiger partial charge in [-0.25, -0.2) is 0 Å². The van der Waals surface area contributed by atoms with Gasteiger partial charge in [-0.1, -0.05) is 17.7 Å². The number of rotatable bonds is 5. The second-order valence-electron chi connectivity index (χ2n) is 5.08. The molecular weight excluding hydrogens is 288 g/mol. The topological polar surface area (TPSA) is 65.5 Å². The summed E-state index contributed by atoms with van der Waals surface area (Å²) in [6.45, 7) is 6.51. The fourth-order valence-electron chi connectivity index (χ4n) is 1.70. The van der Waals surface area contributed by atoms with E-state index in [4.69, 9.17) is 11.6 Å². The van der Waals surface area contributed by atoms with E-state index in [1.54, 1.807) is 7.05 Å². The first-order valence-electron chi connectivity index (χ1n) is 6.95. The van der Waals surface area contributed by atoms with E-state index in [1.165, 1.54) is 0 Å². The molecule has 5 nitrogen and oxygen atoms in total. The Hall–Kier alpha value is -1.75. The van der Waals surface area contributed by atoms with Crippen molar-refractivity contribution in [3.05, 3.63) is 28.8 Å². The highest BCUT2D eigenvalue weighted by Gasteiger charge is 2.06. The van der Waals surface area contributed by atoms with E-state index in [9.17, 15) is 4.79 Å². The third-order valence-electron chi connectivity index (χ3n) is 2.69. The molecule has 0 unspecified atom stereocenters. The highest BCUT2D eigenvalue weighted by atomic mass is 35.5. The van der Waals surface area contributed by atoms with E-state index >= 15 is 0 Å². The first-order valence-corrected chi connectivity index (χ1v) is 7.33. The Morgan fingerprint density at radius 3 is 2.67 bits per heavy atom. The molecule has 0 radical (unpaired) electrons. The first-order chi connectivity index (χ1) is 9.92. The van der Waals surface area contributed by atoms with Crippen LogP contribution in [0.3, 0.4) is 0 Å². The average molecular weight is 311 g/mol. The van der Waals surface area contributed by atoms with Crippen LogP contribution in [0.5, 0.6) is 0 Å².